The number of fused-ring (bicyclic) bond motifs is 2. The molecule has 7 nitrogen and oxygen atoms in total. The first kappa shape index (κ1) is 19.2. The number of rotatable bonds is 5. The molecule has 0 radical (unpaired) electrons. The van der Waals surface area contributed by atoms with E-state index in [1.54, 1.807) is 19.2 Å². The van der Waals surface area contributed by atoms with Gasteiger partial charge in [0.1, 0.15) is 11.6 Å². The Morgan fingerprint density at radius 1 is 1.17 bits per heavy atom. The van der Waals surface area contributed by atoms with Crippen molar-refractivity contribution in [3.63, 3.8) is 0 Å². The summed E-state index contributed by atoms with van der Waals surface area (Å²) in [5, 5.41) is 12.3. The second kappa shape index (κ2) is 7.73. The van der Waals surface area contributed by atoms with Crippen molar-refractivity contribution in [1.29, 1.82) is 0 Å². The molecule has 1 aromatic carbocycles. The van der Waals surface area contributed by atoms with Crippen LogP contribution in [0.5, 0.6) is 5.75 Å². The summed E-state index contributed by atoms with van der Waals surface area (Å²) in [6.45, 7) is 1.90. The average Bonchev–Trinajstić information content (AvgIpc) is 2.98. The lowest BCUT2D eigenvalue weighted by molar-refractivity contribution is 0.0696. The van der Waals surface area contributed by atoms with Gasteiger partial charge < -0.3 is 20.1 Å². The zero-order chi connectivity index (χ0) is 20.5. The lowest BCUT2D eigenvalue weighted by Gasteiger charge is -2.40. The summed E-state index contributed by atoms with van der Waals surface area (Å²) >= 11 is 0. The number of carbonyl (C=O) groups excluding carboxylic acids is 1. The Hall–Kier alpha value is -3.09. The van der Waals surface area contributed by atoms with Crippen LogP contribution in [-0.2, 0) is 0 Å². The Kier molecular flexibility index (Phi) is 5.13. The Balaban J connectivity index is 1.45. The van der Waals surface area contributed by atoms with Crippen LogP contribution in [0.2, 0.25) is 0 Å². The van der Waals surface area contributed by atoms with Crippen molar-refractivity contribution in [1.82, 2.24) is 10.3 Å². The second-order valence-electron chi connectivity index (χ2n) is 7.78. The van der Waals surface area contributed by atoms with Gasteiger partial charge in [-0.3, -0.25) is 4.79 Å². The molecule has 152 valence electrons. The van der Waals surface area contributed by atoms with E-state index in [4.69, 9.17) is 9.84 Å². The van der Waals surface area contributed by atoms with E-state index in [0.717, 1.165) is 37.1 Å². The highest BCUT2D eigenvalue weighted by Crippen LogP contribution is 2.38. The minimum atomic E-state index is -0.971. The van der Waals surface area contributed by atoms with E-state index in [2.05, 4.69) is 15.2 Å². The van der Waals surface area contributed by atoms with Crippen LogP contribution >= 0.6 is 0 Å². The molecular weight excluding hydrogens is 370 g/mol. The largest absolute Gasteiger partial charge is 0.496 e. The quantitative estimate of drug-likeness (QED) is 0.809. The number of pyridine rings is 1. The van der Waals surface area contributed by atoms with Gasteiger partial charge in [0.05, 0.1) is 12.7 Å². The number of aromatic nitrogens is 1. The third-order valence-electron chi connectivity index (χ3n) is 6.08. The number of carboxylic acid groups (broad SMARTS) is 1. The molecule has 2 unspecified atom stereocenters. The van der Waals surface area contributed by atoms with Gasteiger partial charge in [0.25, 0.3) is 5.91 Å². The molecule has 2 N–H and O–H groups in total. The maximum atomic E-state index is 12.8. The minimum absolute atomic E-state index is 0.0665. The molecule has 0 saturated carbocycles. The van der Waals surface area contributed by atoms with Gasteiger partial charge in [-0.05, 0) is 56.9 Å². The Morgan fingerprint density at radius 2 is 1.90 bits per heavy atom. The molecule has 2 bridgehead atoms. The van der Waals surface area contributed by atoms with Crippen molar-refractivity contribution in [2.24, 2.45) is 0 Å². The smallest absolute Gasteiger partial charge is 0.337 e. The molecule has 7 heteroatoms. The van der Waals surface area contributed by atoms with Crippen LogP contribution in [0.3, 0.4) is 0 Å². The number of anilines is 1. The van der Waals surface area contributed by atoms with E-state index in [1.807, 2.05) is 25.1 Å². The summed E-state index contributed by atoms with van der Waals surface area (Å²) in [5.74, 6) is 0.490. The van der Waals surface area contributed by atoms with Gasteiger partial charge in [0.15, 0.2) is 0 Å². The maximum absolute atomic E-state index is 12.8. The molecule has 29 heavy (non-hydrogen) atoms. The van der Waals surface area contributed by atoms with Crippen molar-refractivity contribution in [3.05, 3.63) is 53.2 Å². The number of piperidine rings is 1. The van der Waals surface area contributed by atoms with E-state index in [0.29, 0.717) is 23.4 Å². The van der Waals surface area contributed by atoms with E-state index in [1.165, 1.54) is 6.20 Å². The number of hydrogen-bond donors (Lipinski definition) is 2. The summed E-state index contributed by atoms with van der Waals surface area (Å²) in [6.07, 6.45) is 5.23. The highest BCUT2D eigenvalue weighted by Gasteiger charge is 2.41. The maximum Gasteiger partial charge on any atom is 0.337 e. The number of methoxy groups -OCH3 is 1. The van der Waals surface area contributed by atoms with Crippen LogP contribution in [0.4, 0.5) is 5.82 Å². The molecule has 2 atom stereocenters. The predicted molar refractivity (Wildman–Crippen MR) is 109 cm³/mol. The van der Waals surface area contributed by atoms with E-state index in [-0.39, 0.29) is 17.5 Å². The van der Waals surface area contributed by atoms with Crippen LogP contribution in [-0.4, -0.2) is 47.2 Å². The lowest BCUT2D eigenvalue weighted by atomic mass is 9.96. The van der Waals surface area contributed by atoms with Gasteiger partial charge >= 0.3 is 5.97 Å². The fourth-order valence-electron chi connectivity index (χ4n) is 4.68. The normalized spacial score (nSPS) is 23.0. The monoisotopic (exact) mass is 395 g/mol. The summed E-state index contributed by atoms with van der Waals surface area (Å²) in [4.78, 5) is 30.6. The number of nitrogens with zero attached hydrogens (tertiary/aromatic N) is 2. The molecule has 2 aliphatic heterocycles. The highest BCUT2D eigenvalue weighted by atomic mass is 16.5. The fourth-order valence-corrected chi connectivity index (χ4v) is 4.68. The molecule has 0 aliphatic carbocycles. The third-order valence-corrected chi connectivity index (χ3v) is 6.08. The van der Waals surface area contributed by atoms with Crippen molar-refractivity contribution in [3.8, 4) is 5.75 Å². The Labute approximate surface area is 169 Å². The number of aromatic carboxylic acids is 1. The molecule has 2 aromatic rings. The average molecular weight is 395 g/mol. The second-order valence-corrected chi connectivity index (χ2v) is 7.78. The number of ether oxygens (including phenoxy) is 1. The minimum Gasteiger partial charge on any atom is -0.496 e. The standard InChI is InChI=1S/C22H25N3O4/c1-13-18(4-3-5-19(13)29-2)21(26)24-15-10-16-7-8-17(11-15)25(16)20-9-6-14(12-23-20)22(27)28/h3-6,9,12,15-17H,7-8,10-11H2,1-2H3,(H,24,26)(H,27,28). The molecular formula is C22H25N3O4. The van der Waals surface area contributed by atoms with Gasteiger partial charge in [0.2, 0.25) is 0 Å². The number of carbonyl (C=O) groups is 2. The zero-order valence-electron chi connectivity index (χ0n) is 16.6. The van der Waals surface area contributed by atoms with Crippen molar-refractivity contribution < 1.29 is 19.4 Å². The van der Waals surface area contributed by atoms with Crippen LogP contribution in [0.15, 0.2) is 36.5 Å². The fraction of sp³-hybridized carbons (Fsp3) is 0.409. The molecule has 2 fully saturated rings. The van der Waals surface area contributed by atoms with Crippen LogP contribution in [0.1, 0.15) is 52.0 Å². The van der Waals surface area contributed by atoms with Crippen LogP contribution in [0, 0.1) is 6.92 Å². The first-order chi connectivity index (χ1) is 14.0. The molecule has 2 saturated heterocycles. The van der Waals surface area contributed by atoms with Gasteiger partial charge in [0, 0.05) is 35.4 Å². The van der Waals surface area contributed by atoms with Gasteiger partial charge in [-0.2, -0.15) is 0 Å². The number of amides is 1. The van der Waals surface area contributed by atoms with Crippen LogP contribution in [0.25, 0.3) is 0 Å². The van der Waals surface area contributed by atoms with Gasteiger partial charge in [-0.1, -0.05) is 6.07 Å². The number of benzene rings is 1. The van der Waals surface area contributed by atoms with Crippen molar-refractivity contribution in [2.75, 3.05) is 12.0 Å². The van der Waals surface area contributed by atoms with Crippen molar-refractivity contribution >= 4 is 17.7 Å². The van der Waals surface area contributed by atoms with Crippen LogP contribution < -0.4 is 15.0 Å². The lowest BCUT2D eigenvalue weighted by Crippen LogP contribution is -2.50. The third kappa shape index (κ3) is 3.64. The first-order valence-corrected chi connectivity index (χ1v) is 9.90. The SMILES string of the molecule is COc1cccc(C(=O)NC2CC3CCC(C2)N3c2ccc(C(=O)O)cn2)c1C. The van der Waals surface area contributed by atoms with E-state index >= 15 is 0 Å². The summed E-state index contributed by atoms with van der Waals surface area (Å²) in [5.41, 5.74) is 1.68. The molecule has 4 rings (SSSR count). The van der Waals surface area contributed by atoms with E-state index < -0.39 is 5.97 Å². The summed E-state index contributed by atoms with van der Waals surface area (Å²) in [7, 11) is 1.61. The summed E-state index contributed by atoms with van der Waals surface area (Å²) < 4.78 is 5.33. The topological polar surface area (TPSA) is 91.8 Å². The molecule has 0 spiro atoms. The first-order valence-electron chi connectivity index (χ1n) is 9.90. The number of nitrogens with one attached hydrogen (secondary N) is 1. The molecule has 1 aromatic heterocycles. The van der Waals surface area contributed by atoms with Gasteiger partial charge in [-0.25, -0.2) is 9.78 Å². The number of carboxylic acids is 1. The highest BCUT2D eigenvalue weighted by molar-refractivity contribution is 5.96. The molecule has 3 heterocycles. The number of hydrogen-bond acceptors (Lipinski definition) is 5. The molecule has 1 amide bonds. The Bertz CT molecular complexity index is 914. The van der Waals surface area contributed by atoms with E-state index in [9.17, 15) is 9.59 Å². The zero-order valence-corrected chi connectivity index (χ0v) is 16.6. The predicted octanol–water partition coefficient (Wildman–Crippen LogP) is 3.03. The molecule has 2 aliphatic rings. The van der Waals surface area contributed by atoms with Crippen molar-refractivity contribution in [2.45, 2.75) is 50.7 Å². The summed E-state index contributed by atoms with van der Waals surface area (Å²) in [6, 6.07) is 9.61. The van der Waals surface area contributed by atoms with Gasteiger partial charge in [-0.15, -0.1) is 0 Å². The Morgan fingerprint density at radius 3 is 2.48 bits per heavy atom.